The molecule has 28 heavy (non-hydrogen) atoms. The first-order chi connectivity index (χ1) is 13.2. The topological polar surface area (TPSA) is 73.3 Å². The number of pyridine rings is 1. The summed E-state index contributed by atoms with van der Waals surface area (Å²) in [5.41, 5.74) is -1.47. The molecule has 0 bridgehead atoms. The average molecular weight is 407 g/mol. The normalized spacial score (nSPS) is 12.5. The van der Waals surface area contributed by atoms with E-state index >= 15 is 0 Å². The molecule has 4 aromatic rings. The summed E-state index contributed by atoms with van der Waals surface area (Å²) in [6.07, 6.45) is -3.19. The molecule has 1 aromatic carbocycles. The highest BCUT2D eigenvalue weighted by Crippen LogP contribution is 2.31. The number of rotatable bonds is 2. The lowest BCUT2D eigenvalue weighted by Gasteiger charge is -2.03. The Hall–Kier alpha value is -3.20. The number of fused-ring (bicyclic) bond motifs is 3. The van der Waals surface area contributed by atoms with Crippen LogP contribution in [0.1, 0.15) is 17.1 Å². The fourth-order valence-corrected chi connectivity index (χ4v) is 2.77. The minimum Gasteiger partial charge on any atom is -0.430 e. The number of nitrogens with zero attached hydrogens (tertiary/aromatic N) is 4. The maximum atomic E-state index is 12.9. The van der Waals surface area contributed by atoms with Gasteiger partial charge in [0, 0.05) is 5.02 Å². The van der Waals surface area contributed by atoms with Gasteiger partial charge in [-0.15, -0.1) is 0 Å². The van der Waals surface area contributed by atoms with Crippen LogP contribution < -0.4 is 5.56 Å². The molecule has 0 unspecified atom stereocenters. The third-order valence-electron chi connectivity index (χ3n) is 3.98. The minimum atomic E-state index is -4.63. The van der Waals surface area contributed by atoms with Gasteiger partial charge in [-0.25, -0.2) is 9.97 Å². The summed E-state index contributed by atoms with van der Waals surface area (Å²) in [5.74, 6) is 0.241. The second-order valence-corrected chi connectivity index (χ2v) is 6.34. The zero-order valence-corrected chi connectivity index (χ0v) is 14.9. The Balaban J connectivity index is 1.86. The van der Waals surface area contributed by atoms with E-state index < -0.39 is 17.4 Å². The van der Waals surface area contributed by atoms with Crippen LogP contribution in [-0.2, 0) is 6.18 Å². The van der Waals surface area contributed by atoms with Gasteiger partial charge < -0.3 is 4.42 Å². The van der Waals surface area contributed by atoms with E-state index in [0.717, 1.165) is 10.7 Å². The molecule has 3 aromatic heterocycles. The summed E-state index contributed by atoms with van der Waals surface area (Å²) in [5, 5.41) is 4.87. The first-order valence-corrected chi connectivity index (χ1v) is 8.32. The Morgan fingerprint density at radius 3 is 2.54 bits per heavy atom. The number of aromatic nitrogens is 3. The highest BCUT2D eigenvalue weighted by Gasteiger charge is 2.33. The fraction of sp³-hybridized carbons (Fsp3) is 0.111. The van der Waals surface area contributed by atoms with E-state index in [1.54, 1.807) is 31.2 Å². The number of alkyl halides is 3. The molecule has 0 spiro atoms. The highest BCUT2D eigenvalue weighted by atomic mass is 35.5. The standard InChI is InChI=1S/C18H10ClF3N4O2/c1-9-24-14-12-6-7-13(18(20,21)22)25-16(12)28-15(14)17(27)26(9)23-8-10-2-4-11(19)5-3-10/h2-8H,1H3/b23-8+. The molecule has 0 saturated carbocycles. The van der Waals surface area contributed by atoms with Crippen molar-refractivity contribution in [2.24, 2.45) is 5.10 Å². The van der Waals surface area contributed by atoms with Crippen molar-refractivity contribution in [2.45, 2.75) is 13.1 Å². The van der Waals surface area contributed by atoms with Crippen LogP contribution in [0.2, 0.25) is 5.02 Å². The molecule has 0 N–H and O–H groups in total. The van der Waals surface area contributed by atoms with Gasteiger partial charge in [0.05, 0.1) is 11.6 Å². The second-order valence-electron chi connectivity index (χ2n) is 5.90. The largest absolute Gasteiger partial charge is 0.433 e. The lowest BCUT2D eigenvalue weighted by Crippen LogP contribution is -2.20. The Kier molecular flexibility index (Phi) is 4.19. The van der Waals surface area contributed by atoms with Crippen molar-refractivity contribution >= 4 is 40.0 Å². The van der Waals surface area contributed by atoms with E-state index in [9.17, 15) is 18.0 Å². The Labute approximate surface area is 159 Å². The molecule has 0 amide bonds. The number of benzene rings is 1. The summed E-state index contributed by atoms with van der Waals surface area (Å²) < 4.78 is 44.8. The summed E-state index contributed by atoms with van der Waals surface area (Å²) in [7, 11) is 0. The van der Waals surface area contributed by atoms with Gasteiger partial charge in [-0.1, -0.05) is 23.7 Å². The van der Waals surface area contributed by atoms with Gasteiger partial charge in [-0.3, -0.25) is 4.79 Å². The first kappa shape index (κ1) is 18.2. The van der Waals surface area contributed by atoms with Crippen molar-refractivity contribution in [3.63, 3.8) is 0 Å². The molecule has 3 heterocycles. The third kappa shape index (κ3) is 3.13. The van der Waals surface area contributed by atoms with E-state index in [4.69, 9.17) is 16.0 Å². The van der Waals surface area contributed by atoms with E-state index in [1.807, 2.05) is 0 Å². The van der Waals surface area contributed by atoms with Crippen molar-refractivity contribution < 1.29 is 17.6 Å². The number of hydrogen-bond acceptors (Lipinski definition) is 5. The smallest absolute Gasteiger partial charge is 0.430 e. The summed E-state index contributed by atoms with van der Waals surface area (Å²) >= 11 is 5.82. The molecule has 0 fully saturated rings. The van der Waals surface area contributed by atoms with Crippen molar-refractivity contribution in [2.75, 3.05) is 0 Å². The molecule has 142 valence electrons. The van der Waals surface area contributed by atoms with Crippen LogP contribution in [0.25, 0.3) is 22.2 Å². The monoisotopic (exact) mass is 406 g/mol. The average Bonchev–Trinajstić information content (AvgIpc) is 3.00. The van der Waals surface area contributed by atoms with E-state index in [-0.39, 0.29) is 28.0 Å². The lowest BCUT2D eigenvalue weighted by molar-refractivity contribution is -0.141. The molecular weight excluding hydrogens is 397 g/mol. The van der Waals surface area contributed by atoms with E-state index in [0.29, 0.717) is 10.6 Å². The summed E-state index contributed by atoms with van der Waals surface area (Å²) in [4.78, 5) is 20.4. The van der Waals surface area contributed by atoms with Crippen LogP contribution in [0, 0.1) is 6.92 Å². The zero-order chi connectivity index (χ0) is 20.1. The lowest BCUT2D eigenvalue weighted by atomic mass is 10.2. The van der Waals surface area contributed by atoms with Crippen LogP contribution in [0.4, 0.5) is 13.2 Å². The van der Waals surface area contributed by atoms with Crippen LogP contribution in [0.15, 0.2) is 50.7 Å². The van der Waals surface area contributed by atoms with Gasteiger partial charge in [0.25, 0.3) is 0 Å². The van der Waals surface area contributed by atoms with E-state index in [1.165, 1.54) is 12.3 Å². The molecule has 0 aliphatic heterocycles. The van der Waals surface area contributed by atoms with Crippen molar-refractivity contribution in [3.8, 4) is 0 Å². The molecule has 4 rings (SSSR count). The molecule has 0 saturated heterocycles. The predicted octanol–water partition coefficient (Wildman–Crippen LogP) is 4.40. The van der Waals surface area contributed by atoms with E-state index in [2.05, 4.69) is 15.1 Å². The Morgan fingerprint density at radius 1 is 1.14 bits per heavy atom. The molecule has 0 atom stereocenters. The van der Waals surface area contributed by atoms with Gasteiger partial charge in [0.15, 0.2) is 0 Å². The maximum Gasteiger partial charge on any atom is 0.433 e. The van der Waals surface area contributed by atoms with Gasteiger partial charge in [0.2, 0.25) is 11.3 Å². The van der Waals surface area contributed by atoms with Crippen molar-refractivity contribution in [3.05, 3.63) is 68.9 Å². The maximum absolute atomic E-state index is 12.9. The van der Waals surface area contributed by atoms with Crippen LogP contribution in [0.5, 0.6) is 0 Å². The molecule has 6 nitrogen and oxygen atoms in total. The SMILES string of the molecule is Cc1nc2c(oc3nc(C(F)(F)F)ccc32)c(=O)n1/N=C/c1ccc(Cl)cc1. The number of hydrogen-bond donors (Lipinski definition) is 0. The summed E-state index contributed by atoms with van der Waals surface area (Å²) in [6.45, 7) is 1.55. The number of halogens is 4. The quantitative estimate of drug-likeness (QED) is 0.462. The molecule has 0 aliphatic carbocycles. The number of furan rings is 1. The van der Waals surface area contributed by atoms with Gasteiger partial charge in [0.1, 0.15) is 17.0 Å². The third-order valence-corrected chi connectivity index (χ3v) is 4.23. The van der Waals surface area contributed by atoms with Crippen LogP contribution in [-0.4, -0.2) is 20.9 Å². The van der Waals surface area contributed by atoms with Crippen molar-refractivity contribution in [1.29, 1.82) is 0 Å². The number of aryl methyl sites for hydroxylation is 1. The van der Waals surface area contributed by atoms with Gasteiger partial charge in [-0.05, 0) is 36.8 Å². The summed E-state index contributed by atoms with van der Waals surface area (Å²) in [6, 6.07) is 8.76. The molecule has 0 radical (unpaired) electrons. The molecule has 10 heteroatoms. The predicted molar refractivity (Wildman–Crippen MR) is 97.8 cm³/mol. The van der Waals surface area contributed by atoms with Crippen LogP contribution >= 0.6 is 11.6 Å². The molecule has 0 aliphatic rings. The Morgan fingerprint density at radius 2 is 1.86 bits per heavy atom. The second kappa shape index (κ2) is 6.45. The van der Waals surface area contributed by atoms with Gasteiger partial charge in [-0.2, -0.15) is 22.9 Å². The molecular formula is C18H10ClF3N4O2. The van der Waals surface area contributed by atoms with Gasteiger partial charge >= 0.3 is 11.7 Å². The van der Waals surface area contributed by atoms with Crippen LogP contribution in [0.3, 0.4) is 0 Å². The first-order valence-electron chi connectivity index (χ1n) is 7.94. The Bertz CT molecular complexity index is 1290. The minimum absolute atomic E-state index is 0.136. The highest BCUT2D eigenvalue weighted by molar-refractivity contribution is 6.30. The van der Waals surface area contributed by atoms with Crippen molar-refractivity contribution in [1.82, 2.24) is 14.6 Å². The zero-order valence-electron chi connectivity index (χ0n) is 14.2. The fourth-order valence-electron chi connectivity index (χ4n) is 2.64.